The molecule has 242 valence electrons. The SMILES string of the molecule is CC(C)=O.CC(C)=O.CCC(=O)CC.CCC(C)=O.CCNC.CCNC(=O)CC.c1ccccc1.c1ccccc1. The Morgan fingerprint density at radius 3 is 0.714 bits per heavy atom. The molecule has 2 aromatic carbocycles. The minimum Gasteiger partial charge on any atom is -0.356 e. The number of hydrogen-bond donors (Lipinski definition) is 2. The van der Waals surface area contributed by atoms with Gasteiger partial charge in [0.2, 0.25) is 5.91 Å². The number of hydrogen-bond acceptors (Lipinski definition) is 6. The maximum absolute atomic E-state index is 10.3. The van der Waals surface area contributed by atoms with E-state index < -0.39 is 0 Å². The lowest BCUT2D eigenvalue weighted by Gasteiger charge is -1.93. The lowest BCUT2D eigenvalue weighted by atomic mass is 10.3. The van der Waals surface area contributed by atoms with Crippen LogP contribution in [0.3, 0.4) is 0 Å². The van der Waals surface area contributed by atoms with Crippen molar-refractivity contribution >= 4 is 29.0 Å². The Bertz CT molecular complexity index is 698. The highest BCUT2D eigenvalue weighted by atomic mass is 16.2. The number of benzene rings is 2. The summed E-state index contributed by atoms with van der Waals surface area (Å²) in [6.07, 6.45) is 2.64. The summed E-state index contributed by atoms with van der Waals surface area (Å²) in [5, 5.41) is 5.59. The van der Waals surface area contributed by atoms with Crippen LogP contribution in [-0.4, -0.2) is 49.2 Å². The van der Waals surface area contributed by atoms with Gasteiger partial charge < -0.3 is 25.0 Å². The van der Waals surface area contributed by atoms with Crippen molar-refractivity contribution in [2.24, 2.45) is 0 Å². The summed E-state index contributed by atoms with van der Waals surface area (Å²) in [4.78, 5) is 49.2. The van der Waals surface area contributed by atoms with Crippen molar-refractivity contribution in [2.75, 3.05) is 20.1 Å². The lowest BCUT2D eigenvalue weighted by Crippen LogP contribution is -2.20. The highest BCUT2D eigenvalue weighted by Crippen LogP contribution is 1.83. The number of carbonyl (C=O) groups is 5. The molecule has 0 spiro atoms. The quantitative estimate of drug-likeness (QED) is 0.357. The normalized spacial score (nSPS) is 7.71. The van der Waals surface area contributed by atoms with E-state index in [0.717, 1.165) is 13.1 Å². The molecule has 0 heterocycles. The average molecular weight is 591 g/mol. The Kier molecular flexibility index (Phi) is 61.6. The van der Waals surface area contributed by atoms with Gasteiger partial charge in [0.25, 0.3) is 0 Å². The van der Waals surface area contributed by atoms with E-state index in [1.165, 1.54) is 27.7 Å². The Morgan fingerprint density at radius 2 is 0.667 bits per heavy atom. The third-order valence-corrected chi connectivity index (χ3v) is 3.67. The third-order valence-electron chi connectivity index (χ3n) is 3.67. The number of rotatable bonds is 6. The first-order valence-corrected chi connectivity index (χ1v) is 14.6. The van der Waals surface area contributed by atoms with Gasteiger partial charge in [-0.15, -0.1) is 0 Å². The van der Waals surface area contributed by atoms with E-state index in [9.17, 15) is 24.0 Å². The smallest absolute Gasteiger partial charge is 0.219 e. The molecule has 0 aliphatic heterocycles. The van der Waals surface area contributed by atoms with Crippen molar-refractivity contribution < 1.29 is 24.0 Å². The minimum atomic E-state index is 0.127. The van der Waals surface area contributed by atoms with Crippen molar-refractivity contribution in [3.63, 3.8) is 0 Å². The fourth-order valence-corrected chi connectivity index (χ4v) is 1.34. The number of amides is 1. The van der Waals surface area contributed by atoms with Crippen LogP contribution < -0.4 is 10.6 Å². The molecule has 1 amide bonds. The summed E-state index contributed by atoms with van der Waals surface area (Å²) >= 11 is 0. The summed E-state index contributed by atoms with van der Waals surface area (Å²) in [5.74, 6) is 1.06. The molecule has 0 saturated carbocycles. The van der Waals surface area contributed by atoms with Crippen LogP contribution in [-0.2, 0) is 24.0 Å². The summed E-state index contributed by atoms with van der Waals surface area (Å²) in [6.45, 7) is 20.9. The summed E-state index contributed by atoms with van der Waals surface area (Å²) in [6, 6.07) is 24.0. The van der Waals surface area contributed by atoms with E-state index in [-0.39, 0.29) is 23.3 Å². The molecule has 2 aromatic rings. The van der Waals surface area contributed by atoms with Gasteiger partial charge in [0.1, 0.15) is 23.1 Å². The maximum atomic E-state index is 10.3. The zero-order valence-corrected chi connectivity index (χ0v) is 28.7. The van der Waals surface area contributed by atoms with Gasteiger partial charge in [-0.1, -0.05) is 107 Å². The maximum Gasteiger partial charge on any atom is 0.219 e. The van der Waals surface area contributed by atoms with Gasteiger partial charge in [-0.3, -0.25) is 9.59 Å². The molecule has 2 rings (SSSR count). The summed E-state index contributed by atoms with van der Waals surface area (Å²) < 4.78 is 0. The van der Waals surface area contributed by atoms with Gasteiger partial charge in [0.05, 0.1) is 0 Å². The second-order valence-corrected chi connectivity index (χ2v) is 8.44. The van der Waals surface area contributed by atoms with E-state index in [4.69, 9.17) is 0 Å². The first kappa shape index (κ1) is 51.3. The molecule has 7 heteroatoms. The molecule has 0 atom stereocenters. The van der Waals surface area contributed by atoms with Crippen LogP contribution in [0.15, 0.2) is 72.8 Å². The van der Waals surface area contributed by atoms with Gasteiger partial charge in [-0.05, 0) is 55.1 Å². The molecule has 0 saturated heterocycles. The molecule has 0 fully saturated rings. The van der Waals surface area contributed by atoms with Crippen LogP contribution >= 0.6 is 0 Å². The Labute approximate surface area is 258 Å². The molecule has 0 aromatic heterocycles. The number of carbonyl (C=O) groups excluding carboxylic acids is 5. The molecule has 42 heavy (non-hydrogen) atoms. The summed E-state index contributed by atoms with van der Waals surface area (Å²) in [5.41, 5.74) is 0. The first-order chi connectivity index (χ1) is 19.8. The molecule has 7 nitrogen and oxygen atoms in total. The van der Waals surface area contributed by atoms with Crippen LogP contribution in [0.5, 0.6) is 0 Å². The zero-order valence-electron chi connectivity index (χ0n) is 28.7. The van der Waals surface area contributed by atoms with E-state index in [0.29, 0.717) is 31.5 Å². The average Bonchev–Trinajstić information content (AvgIpc) is 2.99. The van der Waals surface area contributed by atoms with Gasteiger partial charge in [-0.25, -0.2) is 0 Å². The number of nitrogens with one attached hydrogen (secondary N) is 2. The second-order valence-electron chi connectivity index (χ2n) is 8.44. The topological polar surface area (TPSA) is 109 Å². The molecule has 2 N–H and O–H groups in total. The monoisotopic (exact) mass is 590 g/mol. The third kappa shape index (κ3) is 109. The number of Topliss-reactive ketones (excluding diaryl/α,β-unsaturated/α-hetero) is 4. The van der Waals surface area contributed by atoms with Crippen molar-refractivity contribution in [1.82, 2.24) is 10.6 Å². The van der Waals surface area contributed by atoms with Crippen LogP contribution in [0.4, 0.5) is 0 Å². The highest BCUT2D eigenvalue weighted by molar-refractivity contribution is 5.77. The minimum absolute atomic E-state index is 0.127. The Balaban J connectivity index is -0.0000000890. The van der Waals surface area contributed by atoms with Gasteiger partial charge >= 0.3 is 0 Å². The molecular formula is C35H62N2O5. The van der Waals surface area contributed by atoms with E-state index in [1.54, 1.807) is 6.92 Å². The van der Waals surface area contributed by atoms with Gasteiger partial charge in [0, 0.05) is 32.2 Å². The van der Waals surface area contributed by atoms with E-state index >= 15 is 0 Å². The predicted molar refractivity (Wildman–Crippen MR) is 181 cm³/mol. The van der Waals surface area contributed by atoms with Gasteiger partial charge in [0.15, 0.2) is 0 Å². The first-order valence-electron chi connectivity index (χ1n) is 14.6. The standard InChI is InChI=1S/2C6H6.C5H11NO.C5H10O.C4H8O.C3H9N.2C3H6O/c2*1-2-4-6-5-3-1;1-3-5(7)6-4-2;1-3-5(6)4-2;1-3-4(2)5;1-3-4-2;2*1-3(2)4/h2*1-6H;3-4H2,1-2H3,(H,6,7);3-4H2,1-2H3;3H2,1-2H3;4H,3H2,1-2H3;2*1-2H3. The largest absolute Gasteiger partial charge is 0.356 e. The molecular weight excluding hydrogens is 528 g/mol. The fourth-order valence-electron chi connectivity index (χ4n) is 1.34. The van der Waals surface area contributed by atoms with Crippen molar-refractivity contribution in [1.29, 1.82) is 0 Å². The molecule has 0 radical (unpaired) electrons. The molecule has 0 aliphatic carbocycles. The summed E-state index contributed by atoms with van der Waals surface area (Å²) in [7, 11) is 1.93. The van der Waals surface area contributed by atoms with Crippen LogP contribution in [0, 0.1) is 0 Å². The lowest BCUT2D eigenvalue weighted by molar-refractivity contribution is -0.121. The van der Waals surface area contributed by atoms with Crippen LogP contribution in [0.1, 0.15) is 102 Å². The fraction of sp³-hybridized carbons (Fsp3) is 0.514. The highest BCUT2D eigenvalue weighted by Gasteiger charge is 1.88. The predicted octanol–water partition coefficient (Wildman–Crippen LogP) is 7.68. The van der Waals surface area contributed by atoms with E-state index in [2.05, 4.69) is 17.6 Å². The van der Waals surface area contributed by atoms with E-state index in [1.807, 2.05) is 114 Å². The van der Waals surface area contributed by atoms with Crippen molar-refractivity contribution in [3.05, 3.63) is 72.8 Å². The number of ketones is 4. The Hall–Kier alpha value is -3.45. The van der Waals surface area contributed by atoms with Crippen molar-refractivity contribution in [2.45, 2.75) is 102 Å². The van der Waals surface area contributed by atoms with Crippen molar-refractivity contribution in [3.8, 4) is 0 Å². The molecule has 0 aliphatic rings. The Morgan fingerprint density at radius 1 is 0.452 bits per heavy atom. The molecule has 0 unspecified atom stereocenters. The second kappa shape index (κ2) is 50.4. The molecule has 0 bridgehead atoms. The zero-order chi connectivity index (χ0) is 34.0. The van der Waals surface area contributed by atoms with Crippen LogP contribution in [0.2, 0.25) is 0 Å². The van der Waals surface area contributed by atoms with Crippen LogP contribution in [0.25, 0.3) is 0 Å². The van der Waals surface area contributed by atoms with Gasteiger partial charge in [-0.2, -0.15) is 0 Å².